The van der Waals surface area contributed by atoms with Gasteiger partial charge in [0, 0.05) is 60.8 Å². The van der Waals surface area contributed by atoms with E-state index < -0.39 is 5.91 Å². The number of fused-ring (bicyclic) bond motifs is 3. The van der Waals surface area contributed by atoms with E-state index in [1.54, 1.807) is 34.6 Å². The summed E-state index contributed by atoms with van der Waals surface area (Å²) >= 11 is 0. The van der Waals surface area contributed by atoms with Gasteiger partial charge >= 0.3 is 6.03 Å². The lowest BCUT2D eigenvalue weighted by molar-refractivity contribution is -0.125. The molecule has 3 N–H and O–H groups in total. The van der Waals surface area contributed by atoms with Crippen LogP contribution in [0, 0.1) is 0 Å². The summed E-state index contributed by atoms with van der Waals surface area (Å²) in [5.74, 6) is -1.27. The van der Waals surface area contributed by atoms with Crippen LogP contribution in [0.25, 0.3) is 10.9 Å². The summed E-state index contributed by atoms with van der Waals surface area (Å²) in [5.41, 5.74) is 6.44. The van der Waals surface area contributed by atoms with Crippen molar-refractivity contribution < 1.29 is 24.4 Å². The van der Waals surface area contributed by atoms with Gasteiger partial charge in [0.1, 0.15) is 0 Å². The van der Waals surface area contributed by atoms with Gasteiger partial charge in [-0.2, -0.15) is 0 Å². The number of imide groups is 1. The zero-order valence-electron chi connectivity index (χ0n) is 20.9. The maximum atomic E-state index is 13.0. The first-order valence-electron chi connectivity index (χ1n) is 11.8. The molecule has 2 aromatic carbocycles. The minimum absolute atomic E-state index is 0.0298. The van der Waals surface area contributed by atoms with Crippen molar-refractivity contribution in [2.45, 2.75) is 32.9 Å². The Labute approximate surface area is 214 Å². The van der Waals surface area contributed by atoms with Crippen molar-refractivity contribution >= 4 is 40.3 Å². The molecule has 4 rings (SSSR count). The molecule has 2 heterocycles. The van der Waals surface area contributed by atoms with E-state index in [1.165, 1.54) is 20.0 Å². The molecular weight excluding hydrogens is 474 g/mol. The Morgan fingerprint density at radius 3 is 2.49 bits per heavy atom. The second kappa shape index (κ2) is 10.3. The molecule has 1 aliphatic rings. The Bertz CT molecular complexity index is 1410. The van der Waals surface area contributed by atoms with Gasteiger partial charge in [-0.1, -0.05) is 25.6 Å². The molecular formula is C27H29N5O5. The molecule has 0 spiro atoms. The molecule has 10 nitrogen and oxygen atoms in total. The molecule has 1 aromatic heterocycles. The number of nitrogens with one attached hydrogen (secondary N) is 2. The molecule has 5 amide bonds. The fourth-order valence-corrected chi connectivity index (χ4v) is 4.77. The second-order valence-electron chi connectivity index (χ2n) is 9.15. The number of carbonyl (C=O) groups excluding carboxylic acids is 4. The molecule has 192 valence electrons. The maximum Gasteiger partial charge on any atom is 0.326 e. The van der Waals surface area contributed by atoms with E-state index in [2.05, 4.69) is 16.5 Å². The highest BCUT2D eigenvalue weighted by Crippen LogP contribution is 2.38. The molecule has 0 bridgehead atoms. The molecule has 10 heteroatoms. The summed E-state index contributed by atoms with van der Waals surface area (Å²) in [6.45, 7) is 8.11. The lowest BCUT2D eigenvalue weighted by Crippen LogP contribution is -2.46. The van der Waals surface area contributed by atoms with Crippen LogP contribution < -0.4 is 10.8 Å². The quantitative estimate of drug-likeness (QED) is 0.280. The van der Waals surface area contributed by atoms with E-state index in [0.717, 1.165) is 32.6 Å². The van der Waals surface area contributed by atoms with Crippen molar-refractivity contribution in [2.75, 3.05) is 18.9 Å². The summed E-state index contributed by atoms with van der Waals surface area (Å²) in [7, 11) is 1.47. The third-order valence-electron chi connectivity index (χ3n) is 6.68. The Kier molecular flexibility index (Phi) is 7.12. The average molecular weight is 504 g/mol. The van der Waals surface area contributed by atoms with Crippen molar-refractivity contribution in [3.63, 3.8) is 0 Å². The van der Waals surface area contributed by atoms with Crippen LogP contribution in [0.3, 0.4) is 0 Å². The van der Waals surface area contributed by atoms with E-state index in [0.29, 0.717) is 30.9 Å². The van der Waals surface area contributed by atoms with Crippen molar-refractivity contribution in [2.24, 2.45) is 0 Å². The van der Waals surface area contributed by atoms with E-state index in [-0.39, 0.29) is 23.8 Å². The molecule has 0 saturated carbocycles. The molecule has 3 aromatic rings. The van der Waals surface area contributed by atoms with Crippen molar-refractivity contribution in [1.29, 1.82) is 0 Å². The summed E-state index contributed by atoms with van der Waals surface area (Å²) in [6, 6.07) is 12.2. The summed E-state index contributed by atoms with van der Waals surface area (Å²) in [5, 5.41) is 12.7. The van der Waals surface area contributed by atoms with E-state index >= 15 is 0 Å². The normalized spacial score (nSPS) is 14.6. The molecule has 0 radical (unpaired) electrons. The summed E-state index contributed by atoms with van der Waals surface area (Å²) in [6.07, 6.45) is 1.21. The van der Waals surface area contributed by atoms with Crippen LogP contribution in [-0.2, 0) is 22.7 Å². The number of nitrogens with zero attached hydrogens (tertiary/aromatic N) is 3. The monoisotopic (exact) mass is 503 g/mol. The highest BCUT2D eigenvalue weighted by molar-refractivity contribution is 6.01. The number of hydrogen-bond acceptors (Lipinski definition) is 5. The van der Waals surface area contributed by atoms with Gasteiger partial charge in [-0.3, -0.25) is 24.5 Å². The van der Waals surface area contributed by atoms with Crippen LogP contribution in [0.5, 0.6) is 0 Å². The first-order chi connectivity index (χ1) is 17.6. The molecule has 0 fully saturated rings. The topological polar surface area (TPSA) is 124 Å². The molecule has 1 unspecified atom stereocenters. The molecule has 0 aliphatic carbocycles. The number of aromatic nitrogens is 1. The van der Waals surface area contributed by atoms with E-state index in [9.17, 15) is 19.2 Å². The van der Waals surface area contributed by atoms with Crippen LogP contribution >= 0.6 is 0 Å². The number of hydrogen-bond donors (Lipinski definition) is 3. The predicted molar refractivity (Wildman–Crippen MR) is 138 cm³/mol. The lowest BCUT2D eigenvalue weighted by atomic mass is 9.93. The first-order valence-corrected chi connectivity index (χ1v) is 11.8. The fourth-order valence-electron chi connectivity index (χ4n) is 4.77. The first kappa shape index (κ1) is 25.6. The van der Waals surface area contributed by atoms with Crippen molar-refractivity contribution in [3.8, 4) is 0 Å². The number of amides is 5. The number of anilines is 1. The number of benzene rings is 2. The van der Waals surface area contributed by atoms with Crippen LogP contribution in [0.1, 0.15) is 46.9 Å². The largest absolute Gasteiger partial charge is 0.338 e. The Hall–Kier alpha value is -4.44. The number of rotatable bonds is 5. The SMILES string of the molecule is C=CC(=O)Nc1ccc2c(c1)c1c(n2Cc2ccc(C(=O)NO)cc2)CN(C(=O)N(C)C(C)=O)CC1C. The highest BCUT2D eigenvalue weighted by atomic mass is 16.5. The van der Waals surface area contributed by atoms with Gasteiger partial charge in [0.15, 0.2) is 0 Å². The third-order valence-corrected chi connectivity index (χ3v) is 6.68. The molecule has 1 aliphatic heterocycles. The van der Waals surface area contributed by atoms with Gasteiger partial charge in [-0.05, 0) is 47.5 Å². The predicted octanol–water partition coefficient (Wildman–Crippen LogP) is 3.45. The second-order valence-corrected chi connectivity index (χ2v) is 9.15. The third kappa shape index (κ3) is 4.96. The van der Waals surface area contributed by atoms with Gasteiger partial charge in [0.05, 0.1) is 6.54 Å². The lowest BCUT2D eigenvalue weighted by Gasteiger charge is -2.34. The maximum absolute atomic E-state index is 13.0. The van der Waals surface area contributed by atoms with Crippen LogP contribution in [0.2, 0.25) is 0 Å². The van der Waals surface area contributed by atoms with Gasteiger partial charge in [0.25, 0.3) is 5.91 Å². The van der Waals surface area contributed by atoms with E-state index in [4.69, 9.17) is 5.21 Å². The van der Waals surface area contributed by atoms with E-state index in [1.807, 2.05) is 25.1 Å². The highest BCUT2D eigenvalue weighted by Gasteiger charge is 2.33. The van der Waals surface area contributed by atoms with Gasteiger partial charge in [-0.25, -0.2) is 10.3 Å². The number of urea groups is 1. The number of hydroxylamine groups is 1. The van der Waals surface area contributed by atoms with Gasteiger partial charge in [-0.15, -0.1) is 0 Å². The standard InChI is InChI=1S/C27H29N5O5/c1-5-24(34)28-20-10-11-22-21(12-20)25-16(2)13-31(27(36)30(4)17(3)33)15-23(25)32(22)14-18-6-8-19(9-7-18)26(35)29-37/h5-12,16,37H,1,13-15H2,2-4H3,(H,28,34)(H,29,35). The van der Waals surface area contributed by atoms with Crippen LogP contribution in [-0.4, -0.2) is 56.9 Å². The Morgan fingerprint density at radius 1 is 1.16 bits per heavy atom. The van der Waals surface area contributed by atoms with Crippen LogP contribution in [0.4, 0.5) is 10.5 Å². The summed E-state index contributed by atoms with van der Waals surface area (Å²) in [4.78, 5) is 51.2. The van der Waals surface area contributed by atoms with Crippen molar-refractivity contribution in [1.82, 2.24) is 19.8 Å². The minimum atomic E-state index is -0.595. The molecule has 0 saturated heterocycles. The van der Waals surface area contributed by atoms with Crippen LogP contribution in [0.15, 0.2) is 55.1 Å². The average Bonchev–Trinajstić information content (AvgIpc) is 3.20. The zero-order chi connectivity index (χ0) is 26.9. The Balaban J connectivity index is 1.80. The number of carbonyl (C=O) groups is 4. The molecule has 1 atom stereocenters. The van der Waals surface area contributed by atoms with Crippen molar-refractivity contribution in [3.05, 3.63) is 77.5 Å². The molecule has 37 heavy (non-hydrogen) atoms. The Morgan fingerprint density at radius 2 is 1.86 bits per heavy atom. The zero-order valence-corrected chi connectivity index (χ0v) is 20.9. The van der Waals surface area contributed by atoms with Gasteiger partial charge < -0.3 is 14.8 Å². The van der Waals surface area contributed by atoms with Gasteiger partial charge in [0.2, 0.25) is 11.8 Å². The smallest absolute Gasteiger partial charge is 0.326 e. The minimum Gasteiger partial charge on any atom is -0.338 e. The summed E-state index contributed by atoms with van der Waals surface area (Å²) < 4.78 is 2.12. The fraction of sp³-hybridized carbons (Fsp3) is 0.259.